The van der Waals surface area contributed by atoms with Gasteiger partial charge in [-0.1, -0.05) is 36.9 Å². The molecule has 1 amide bonds. The lowest BCUT2D eigenvalue weighted by atomic mass is 10.0. The first-order chi connectivity index (χ1) is 8.06. The molecule has 0 spiro atoms. The molecule has 0 aliphatic carbocycles. The third-order valence-corrected chi connectivity index (χ3v) is 3.88. The second-order valence-corrected chi connectivity index (χ2v) is 5.94. The van der Waals surface area contributed by atoms with Gasteiger partial charge in [0.2, 0.25) is 5.91 Å². The summed E-state index contributed by atoms with van der Waals surface area (Å²) in [6, 6.07) is 10.4. The lowest BCUT2D eigenvalue weighted by Gasteiger charge is -2.24. The molecule has 0 saturated carbocycles. The number of carbonyl (C=O) groups is 1. The number of thioether (sulfide) groups is 1. The number of hydrogen-bond acceptors (Lipinski definition) is 2. The molecule has 0 aromatic heterocycles. The Morgan fingerprint density at radius 2 is 2.06 bits per heavy atom. The van der Waals surface area contributed by atoms with Crippen molar-refractivity contribution in [1.82, 2.24) is 5.32 Å². The number of rotatable bonds is 6. The van der Waals surface area contributed by atoms with Gasteiger partial charge in [-0.3, -0.25) is 4.79 Å². The van der Waals surface area contributed by atoms with E-state index in [1.807, 2.05) is 17.8 Å². The van der Waals surface area contributed by atoms with Gasteiger partial charge in [0, 0.05) is 17.0 Å². The Bertz CT molecular complexity index is 373. The molecule has 92 valence electrons. The fourth-order valence-corrected chi connectivity index (χ4v) is 2.49. The minimum absolute atomic E-state index is 0.0696. The average molecular weight is 249 g/mol. The summed E-state index contributed by atoms with van der Waals surface area (Å²) in [6.45, 7) is 8.48. The van der Waals surface area contributed by atoms with Crippen molar-refractivity contribution in [3.8, 4) is 0 Å². The summed E-state index contributed by atoms with van der Waals surface area (Å²) < 4.78 is 0.0696. The largest absolute Gasteiger partial charge is 0.352 e. The van der Waals surface area contributed by atoms with E-state index in [4.69, 9.17) is 0 Å². The van der Waals surface area contributed by atoms with Gasteiger partial charge in [0.05, 0.1) is 0 Å². The third-order valence-electron chi connectivity index (χ3n) is 2.52. The van der Waals surface area contributed by atoms with E-state index in [0.29, 0.717) is 6.54 Å². The van der Waals surface area contributed by atoms with E-state index < -0.39 is 0 Å². The normalized spacial score (nSPS) is 10.9. The molecule has 17 heavy (non-hydrogen) atoms. The van der Waals surface area contributed by atoms with Gasteiger partial charge in [0.15, 0.2) is 0 Å². The van der Waals surface area contributed by atoms with Crippen LogP contribution in [0.4, 0.5) is 0 Å². The van der Waals surface area contributed by atoms with Crippen LogP contribution in [-0.4, -0.2) is 18.2 Å². The topological polar surface area (TPSA) is 29.1 Å². The molecule has 0 saturated heterocycles. The van der Waals surface area contributed by atoms with E-state index in [0.717, 1.165) is 5.75 Å². The van der Waals surface area contributed by atoms with Crippen molar-refractivity contribution in [2.75, 3.05) is 12.3 Å². The molecule has 2 nitrogen and oxygen atoms in total. The molecule has 0 fully saturated rings. The van der Waals surface area contributed by atoms with Gasteiger partial charge in [-0.25, -0.2) is 0 Å². The minimum Gasteiger partial charge on any atom is -0.352 e. The molecule has 0 aliphatic heterocycles. The Morgan fingerprint density at radius 1 is 1.41 bits per heavy atom. The minimum atomic E-state index is -0.108. The lowest BCUT2D eigenvalue weighted by Crippen LogP contribution is -2.25. The van der Waals surface area contributed by atoms with E-state index >= 15 is 0 Å². The van der Waals surface area contributed by atoms with Crippen molar-refractivity contribution in [2.45, 2.75) is 18.6 Å². The predicted molar refractivity (Wildman–Crippen MR) is 75.1 cm³/mol. The van der Waals surface area contributed by atoms with Crippen molar-refractivity contribution >= 4 is 17.7 Å². The summed E-state index contributed by atoms with van der Waals surface area (Å²) in [4.78, 5) is 11.0. The monoisotopic (exact) mass is 249 g/mol. The molecule has 1 rings (SSSR count). The molecule has 0 bridgehead atoms. The number of nitrogens with one attached hydrogen (secondary N) is 1. The molecule has 0 heterocycles. The number of benzene rings is 1. The van der Waals surface area contributed by atoms with Crippen molar-refractivity contribution in [3.63, 3.8) is 0 Å². The second kappa shape index (κ2) is 6.50. The summed E-state index contributed by atoms with van der Waals surface area (Å²) in [5.41, 5.74) is 1.31. The van der Waals surface area contributed by atoms with Gasteiger partial charge >= 0.3 is 0 Å². The van der Waals surface area contributed by atoms with E-state index in [2.05, 4.69) is 50.0 Å². The summed E-state index contributed by atoms with van der Waals surface area (Å²) in [5, 5.41) is 2.78. The standard InChI is InChI=1S/C14H19NOS/c1-4-13(16)15-10-11-17-14(2,3)12-8-6-5-7-9-12/h4-9H,1,10-11H2,2-3H3,(H,15,16). The summed E-state index contributed by atoms with van der Waals surface area (Å²) >= 11 is 1.84. The fraction of sp³-hybridized carbons (Fsp3) is 0.357. The Hall–Kier alpha value is -1.22. The molecule has 0 radical (unpaired) electrons. The van der Waals surface area contributed by atoms with Gasteiger partial charge in [0.1, 0.15) is 0 Å². The van der Waals surface area contributed by atoms with Gasteiger partial charge in [-0.05, 0) is 25.5 Å². The van der Waals surface area contributed by atoms with Gasteiger partial charge in [-0.15, -0.1) is 11.8 Å². The molecule has 0 aliphatic rings. The fourth-order valence-electron chi connectivity index (χ4n) is 1.48. The highest BCUT2D eigenvalue weighted by Gasteiger charge is 2.20. The lowest BCUT2D eigenvalue weighted by molar-refractivity contribution is -0.116. The molecular formula is C14H19NOS. The molecule has 1 aromatic carbocycles. The highest BCUT2D eigenvalue weighted by Crippen LogP contribution is 2.34. The van der Waals surface area contributed by atoms with Crippen LogP contribution in [0, 0.1) is 0 Å². The highest BCUT2D eigenvalue weighted by molar-refractivity contribution is 8.00. The summed E-state index contributed by atoms with van der Waals surface area (Å²) in [5.74, 6) is 0.782. The van der Waals surface area contributed by atoms with Crippen LogP contribution in [0.2, 0.25) is 0 Å². The van der Waals surface area contributed by atoms with E-state index in [-0.39, 0.29) is 10.7 Å². The third kappa shape index (κ3) is 4.65. The quantitative estimate of drug-likeness (QED) is 0.620. The first-order valence-corrected chi connectivity index (χ1v) is 6.64. The number of hydrogen-bond donors (Lipinski definition) is 1. The molecule has 0 atom stereocenters. The van der Waals surface area contributed by atoms with E-state index in [1.165, 1.54) is 11.6 Å². The Labute approximate surface area is 107 Å². The molecule has 0 unspecified atom stereocenters. The first-order valence-electron chi connectivity index (χ1n) is 5.66. The van der Waals surface area contributed by atoms with Crippen molar-refractivity contribution in [1.29, 1.82) is 0 Å². The maximum absolute atomic E-state index is 11.0. The summed E-state index contributed by atoms with van der Waals surface area (Å²) in [7, 11) is 0. The van der Waals surface area contributed by atoms with Crippen LogP contribution in [0.3, 0.4) is 0 Å². The van der Waals surface area contributed by atoms with Gasteiger partial charge in [-0.2, -0.15) is 0 Å². The maximum Gasteiger partial charge on any atom is 0.243 e. The molecule has 1 N–H and O–H groups in total. The van der Waals surface area contributed by atoms with Crippen LogP contribution in [0.25, 0.3) is 0 Å². The zero-order chi connectivity index (χ0) is 12.7. The molecular weight excluding hydrogens is 230 g/mol. The van der Waals surface area contributed by atoms with E-state index in [1.54, 1.807) is 0 Å². The van der Waals surface area contributed by atoms with Gasteiger partial charge < -0.3 is 5.32 Å². The first kappa shape index (κ1) is 13.8. The van der Waals surface area contributed by atoms with E-state index in [9.17, 15) is 4.79 Å². The molecule has 1 aromatic rings. The van der Waals surface area contributed by atoms with Crippen LogP contribution >= 0.6 is 11.8 Å². The number of amides is 1. The predicted octanol–water partition coefficient (Wildman–Crippen LogP) is 2.96. The highest BCUT2D eigenvalue weighted by atomic mass is 32.2. The average Bonchev–Trinajstić information content (AvgIpc) is 2.35. The van der Waals surface area contributed by atoms with Crippen LogP contribution in [-0.2, 0) is 9.54 Å². The Kier molecular flexibility index (Phi) is 5.29. The zero-order valence-electron chi connectivity index (χ0n) is 10.4. The second-order valence-electron chi connectivity index (χ2n) is 4.22. The van der Waals surface area contributed by atoms with Crippen molar-refractivity contribution in [2.24, 2.45) is 0 Å². The molecule has 3 heteroatoms. The van der Waals surface area contributed by atoms with Crippen molar-refractivity contribution in [3.05, 3.63) is 48.6 Å². The number of carbonyl (C=O) groups excluding carboxylic acids is 1. The Morgan fingerprint density at radius 3 is 2.65 bits per heavy atom. The van der Waals surface area contributed by atoms with Gasteiger partial charge in [0.25, 0.3) is 0 Å². The maximum atomic E-state index is 11.0. The van der Waals surface area contributed by atoms with Crippen LogP contribution in [0.1, 0.15) is 19.4 Å². The SMILES string of the molecule is C=CC(=O)NCCSC(C)(C)c1ccccc1. The smallest absolute Gasteiger partial charge is 0.243 e. The zero-order valence-corrected chi connectivity index (χ0v) is 11.2. The summed E-state index contributed by atoms with van der Waals surface area (Å²) in [6.07, 6.45) is 1.30. The van der Waals surface area contributed by atoms with Crippen molar-refractivity contribution < 1.29 is 4.79 Å². The van der Waals surface area contributed by atoms with Crippen LogP contribution in [0.15, 0.2) is 43.0 Å². The Balaban J connectivity index is 2.40. The van der Waals surface area contributed by atoms with Crippen LogP contribution in [0.5, 0.6) is 0 Å². The van der Waals surface area contributed by atoms with Crippen LogP contribution < -0.4 is 5.32 Å².